The molecular formula is C14H22FN3. The topological polar surface area (TPSA) is 32.5 Å². The molecule has 0 aliphatic carbocycles. The van der Waals surface area contributed by atoms with Gasteiger partial charge in [0.25, 0.3) is 0 Å². The van der Waals surface area contributed by atoms with E-state index in [0.717, 1.165) is 31.7 Å². The minimum Gasteiger partial charge on any atom is -0.368 e. The molecule has 1 saturated heterocycles. The fourth-order valence-electron chi connectivity index (χ4n) is 2.63. The maximum absolute atomic E-state index is 13.8. The summed E-state index contributed by atoms with van der Waals surface area (Å²) >= 11 is 0. The van der Waals surface area contributed by atoms with Crippen molar-refractivity contribution in [1.82, 2.24) is 4.90 Å². The van der Waals surface area contributed by atoms with E-state index in [1.54, 1.807) is 6.07 Å². The summed E-state index contributed by atoms with van der Waals surface area (Å²) in [5, 5.41) is 0. The van der Waals surface area contributed by atoms with Crippen LogP contribution in [0.25, 0.3) is 0 Å². The van der Waals surface area contributed by atoms with Gasteiger partial charge in [0.1, 0.15) is 5.82 Å². The molecule has 1 aliphatic rings. The normalized spacial score (nSPS) is 20.4. The first-order chi connectivity index (χ1) is 8.72. The Labute approximate surface area is 108 Å². The number of halogens is 1. The van der Waals surface area contributed by atoms with Gasteiger partial charge in [-0.1, -0.05) is 12.1 Å². The zero-order chi connectivity index (χ0) is 13.0. The van der Waals surface area contributed by atoms with E-state index in [-0.39, 0.29) is 5.82 Å². The lowest BCUT2D eigenvalue weighted by Crippen LogP contribution is -2.48. The molecule has 0 bridgehead atoms. The summed E-state index contributed by atoms with van der Waals surface area (Å²) in [5.74, 6) is -0.125. The van der Waals surface area contributed by atoms with E-state index in [1.807, 2.05) is 12.1 Å². The molecule has 1 heterocycles. The third-order valence-electron chi connectivity index (χ3n) is 3.69. The Hall–Kier alpha value is -1.13. The predicted octanol–water partition coefficient (Wildman–Crippen LogP) is 1.68. The summed E-state index contributed by atoms with van der Waals surface area (Å²) in [6, 6.07) is 7.50. The fraction of sp³-hybridized carbons (Fsp3) is 0.571. The van der Waals surface area contributed by atoms with Crippen molar-refractivity contribution in [3.63, 3.8) is 0 Å². The minimum atomic E-state index is -0.125. The molecule has 1 atom stereocenters. The van der Waals surface area contributed by atoms with E-state index < -0.39 is 0 Å². The summed E-state index contributed by atoms with van der Waals surface area (Å²) in [6.07, 6.45) is 2.27. The SMILES string of the molecule is CN(CCN)C1CCCN(c2ccccc2F)C1. The Morgan fingerprint density at radius 2 is 2.22 bits per heavy atom. The van der Waals surface area contributed by atoms with Gasteiger partial charge in [-0.2, -0.15) is 0 Å². The molecule has 0 aromatic heterocycles. The van der Waals surface area contributed by atoms with E-state index in [4.69, 9.17) is 5.73 Å². The maximum atomic E-state index is 13.8. The van der Waals surface area contributed by atoms with Crippen molar-refractivity contribution in [2.24, 2.45) is 5.73 Å². The Bertz CT molecular complexity index is 383. The highest BCUT2D eigenvalue weighted by molar-refractivity contribution is 5.48. The monoisotopic (exact) mass is 251 g/mol. The molecule has 100 valence electrons. The van der Waals surface area contributed by atoms with Gasteiger partial charge in [-0.25, -0.2) is 4.39 Å². The van der Waals surface area contributed by atoms with E-state index in [9.17, 15) is 4.39 Å². The van der Waals surface area contributed by atoms with Crippen molar-refractivity contribution in [3.8, 4) is 0 Å². The molecule has 4 heteroatoms. The van der Waals surface area contributed by atoms with Gasteiger partial charge >= 0.3 is 0 Å². The van der Waals surface area contributed by atoms with E-state index in [2.05, 4.69) is 16.8 Å². The Morgan fingerprint density at radius 1 is 1.44 bits per heavy atom. The van der Waals surface area contributed by atoms with Gasteiger partial charge in [0, 0.05) is 32.2 Å². The van der Waals surface area contributed by atoms with Crippen LogP contribution >= 0.6 is 0 Å². The van der Waals surface area contributed by atoms with Crippen LogP contribution in [-0.4, -0.2) is 44.2 Å². The molecule has 3 nitrogen and oxygen atoms in total. The van der Waals surface area contributed by atoms with Crippen molar-refractivity contribution < 1.29 is 4.39 Å². The number of rotatable bonds is 4. The van der Waals surface area contributed by atoms with Crippen LogP contribution in [0.5, 0.6) is 0 Å². The first kappa shape index (κ1) is 13.3. The number of para-hydroxylation sites is 1. The van der Waals surface area contributed by atoms with Gasteiger partial charge in [-0.15, -0.1) is 0 Å². The summed E-state index contributed by atoms with van der Waals surface area (Å²) in [5.41, 5.74) is 6.32. The zero-order valence-electron chi connectivity index (χ0n) is 11.0. The molecule has 1 fully saturated rings. The second-order valence-electron chi connectivity index (χ2n) is 4.96. The van der Waals surface area contributed by atoms with Gasteiger partial charge < -0.3 is 15.5 Å². The number of hydrogen-bond donors (Lipinski definition) is 1. The van der Waals surface area contributed by atoms with Crippen molar-refractivity contribution in [2.45, 2.75) is 18.9 Å². The van der Waals surface area contributed by atoms with Crippen molar-refractivity contribution >= 4 is 5.69 Å². The summed E-state index contributed by atoms with van der Waals surface area (Å²) in [4.78, 5) is 4.43. The second kappa shape index (κ2) is 6.16. The van der Waals surface area contributed by atoms with Gasteiger partial charge in [0.15, 0.2) is 0 Å². The van der Waals surface area contributed by atoms with Crippen LogP contribution in [0.2, 0.25) is 0 Å². The van der Waals surface area contributed by atoms with Crippen LogP contribution in [0.3, 0.4) is 0 Å². The molecule has 0 spiro atoms. The Morgan fingerprint density at radius 3 is 2.94 bits per heavy atom. The molecule has 2 rings (SSSR count). The van der Waals surface area contributed by atoms with Gasteiger partial charge in [-0.3, -0.25) is 0 Å². The first-order valence-corrected chi connectivity index (χ1v) is 6.62. The third kappa shape index (κ3) is 3.00. The highest BCUT2D eigenvalue weighted by Gasteiger charge is 2.24. The molecule has 1 aliphatic heterocycles. The summed E-state index contributed by atoms with van der Waals surface area (Å²) in [6.45, 7) is 3.40. The molecule has 2 N–H and O–H groups in total. The molecular weight excluding hydrogens is 229 g/mol. The standard InChI is InChI=1S/C14H22FN3/c1-17(10-8-16)12-5-4-9-18(11-12)14-7-3-2-6-13(14)15/h2-3,6-7,12H,4-5,8-11,16H2,1H3. The number of hydrogen-bond acceptors (Lipinski definition) is 3. The van der Waals surface area contributed by atoms with Crippen molar-refractivity contribution in [2.75, 3.05) is 38.1 Å². The third-order valence-corrected chi connectivity index (χ3v) is 3.69. The fourth-order valence-corrected chi connectivity index (χ4v) is 2.63. The largest absolute Gasteiger partial charge is 0.368 e. The number of anilines is 1. The molecule has 1 unspecified atom stereocenters. The summed E-state index contributed by atoms with van der Waals surface area (Å²) < 4.78 is 13.8. The molecule has 1 aromatic rings. The van der Waals surface area contributed by atoms with Crippen molar-refractivity contribution in [3.05, 3.63) is 30.1 Å². The lowest BCUT2D eigenvalue weighted by atomic mass is 10.0. The number of nitrogens with zero attached hydrogens (tertiary/aromatic N) is 2. The second-order valence-corrected chi connectivity index (χ2v) is 4.96. The highest BCUT2D eigenvalue weighted by Crippen LogP contribution is 2.24. The smallest absolute Gasteiger partial charge is 0.146 e. The Kier molecular flexibility index (Phi) is 4.55. The predicted molar refractivity (Wildman–Crippen MR) is 73.3 cm³/mol. The first-order valence-electron chi connectivity index (χ1n) is 6.62. The Balaban J connectivity index is 2.05. The average molecular weight is 251 g/mol. The van der Waals surface area contributed by atoms with Crippen LogP contribution in [0.15, 0.2) is 24.3 Å². The lowest BCUT2D eigenvalue weighted by molar-refractivity contribution is 0.220. The van der Waals surface area contributed by atoms with E-state index in [0.29, 0.717) is 12.6 Å². The highest BCUT2D eigenvalue weighted by atomic mass is 19.1. The van der Waals surface area contributed by atoms with Crippen LogP contribution in [-0.2, 0) is 0 Å². The molecule has 18 heavy (non-hydrogen) atoms. The van der Waals surface area contributed by atoms with Gasteiger partial charge in [0.05, 0.1) is 5.69 Å². The number of nitrogens with two attached hydrogens (primary N) is 1. The number of likely N-dealkylation sites (N-methyl/N-ethyl adjacent to an activating group) is 1. The minimum absolute atomic E-state index is 0.125. The van der Waals surface area contributed by atoms with Gasteiger partial charge in [0.2, 0.25) is 0 Å². The number of piperidine rings is 1. The number of benzene rings is 1. The zero-order valence-corrected chi connectivity index (χ0v) is 11.0. The maximum Gasteiger partial charge on any atom is 0.146 e. The quantitative estimate of drug-likeness (QED) is 0.884. The van der Waals surface area contributed by atoms with Crippen molar-refractivity contribution in [1.29, 1.82) is 0 Å². The van der Waals surface area contributed by atoms with E-state index in [1.165, 1.54) is 12.5 Å². The molecule has 0 radical (unpaired) electrons. The molecule has 0 saturated carbocycles. The average Bonchev–Trinajstić information content (AvgIpc) is 2.40. The summed E-state index contributed by atoms with van der Waals surface area (Å²) in [7, 11) is 2.10. The van der Waals surface area contributed by atoms with Crippen LogP contribution in [0, 0.1) is 5.82 Å². The van der Waals surface area contributed by atoms with E-state index >= 15 is 0 Å². The molecule has 0 amide bonds. The lowest BCUT2D eigenvalue weighted by Gasteiger charge is -2.38. The van der Waals surface area contributed by atoms with Crippen LogP contribution in [0.1, 0.15) is 12.8 Å². The van der Waals surface area contributed by atoms with Gasteiger partial charge in [-0.05, 0) is 32.0 Å². The van der Waals surface area contributed by atoms with Crippen LogP contribution in [0.4, 0.5) is 10.1 Å². The molecule has 1 aromatic carbocycles. The van der Waals surface area contributed by atoms with Crippen LogP contribution < -0.4 is 10.6 Å².